The molecule has 1 N–H and O–H groups in total. The highest BCUT2D eigenvalue weighted by atomic mass is 32.2. The van der Waals surface area contributed by atoms with Crippen molar-refractivity contribution in [1.29, 1.82) is 0 Å². The van der Waals surface area contributed by atoms with Gasteiger partial charge in [-0.2, -0.15) is 0 Å². The lowest BCUT2D eigenvalue weighted by Gasteiger charge is -2.26. The first-order chi connectivity index (χ1) is 18.0. The summed E-state index contributed by atoms with van der Waals surface area (Å²) in [5.74, 6) is 0.294. The first-order valence-corrected chi connectivity index (χ1v) is 14.1. The highest BCUT2D eigenvalue weighted by Crippen LogP contribution is 2.27. The molecule has 2 aromatic carbocycles. The van der Waals surface area contributed by atoms with Crippen LogP contribution in [0.5, 0.6) is 5.75 Å². The number of amides is 1. The fourth-order valence-electron chi connectivity index (χ4n) is 4.27. The van der Waals surface area contributed by atoms with Gasteiger partial charge in [0.1, 0.15) is 12.4 Å². The molecule has 0 radical (unpaired) electrons. The lowest BCUT2D eigenvalue weighted by atomic mass is 9.92. The quantitative estimate of drug-likeness (QED) is 0.406. The van der Waals surface area contributed by atoms with Gasteiger partial charge in [0.25, 0.3) is 10.0 Å². The molecule has 194 valence electrons. The van der Waals surface area contributed by atoms with E-state index in [9.17, 15) is 13.2 Å². The Morgan fingerprint density at radius 1 is 0.946 bits per heavy atom. The number of allylic oxidation sites excluding steroid dienone is 6. The molecule has 2 aliphatic rings. The smallest absolute Gasteiger partial charge is 0.260 e. The zero-order valence-corrected chi connectivity index (χ0v) is 21.7. The zero-order valence-electron chi connectivity index (χ0n) is 20.8. The molecule has 1 amide bonds. The van der Waals surface area contributed by atoms with Crippen molar-refractivity contribution in [3.8, 4) is 5.75 Å². The minimum atomic E-state index is -3.81. The number of benzene rings is 2. The minimum Gasteiger partial charge on any atom is -0.489 e. The first kappa shape index (κ1) is 26.6. The van der Waals surface area contributed by atoms with Crippen LogP contribution in [0, 0.1) is 0 Å². The zero-order chi connectivity index (χ0) is 25.9. The van der Waals surface area contributed by atoms with Crippen LogP contribution in [0.3, 0.4) is 0 Å². The van der Waals surface area contributed by atoms with Gasteiger partial charge in [-0.25, -0.2) is 13.1 Å². The van der Waals surface area contributed by atoms with Crippen molar-refractivity contribution in [1.82, 2.24) is 4.72 Å². The third-order valence-electron chi connectivity index (χ3n) is 6.32. The molecule has 0 heterocycles. The molecule has 2 aliphatic carbocycles. The largest absolute Gasteiger partial charge is 0.489 e. The summed E-state index contributed by atoms with van der Waals surface area (Å²) in [6.45, 7) is 0.996. The Hall–Kier alpha value is -3.42. The molecule has 0 aliphatic heterocycles. The molecule has 0 saturated carbocycles. The maximum atomic E-state index is 12.5. The van der Waals surface area contributed by atoms with Crippen LogP contribution in [0.4, 0.5) is 0 Å². The minimum absolute atomic E-state index is 0.0659. The summed E-state index contributed by atoms with van der Waals surface area (Å²) in [5, 5.41) is 0. The molecule has 6 nitrogen and oxygen atoms in total. The predicted octanol–water partition coefficient (Wildman–Crippen LogP) is 5.41. The van der Waals surface area contributed by atoms with Gasteiger partial charge >= 0.3 is 0 Å². The second kappa shape index (κ2) is 13.2. The average Bonchev–Trinajstić information content (AvgIpc) is 2.93. The van der Waals surface area contributed by atoms with Crippen LogP contribution in [0.25, 0.3) is 0 Å². The monoisotopic (exact) mass is 519 g/mol. The molecule has 7 heteroatoms. The predicted molar refractivity (Wildman–Crippen MR) is 145 cm³/mol. The number of carbonyl (C=O) groups excluding carboxylic acids is 1. The molecular weight excluding hydrogens is 486 g/mol. The second-order valence-electron chi connectivity index (χ2n) is 9.10. The lowest BCUT2D eigenvalue weighted by molar-refractivity contribution is -0.119. The van der Waals surface area contributed by atoms with Crippen molar-refractivity contribution in [3.05, 3.63) is 113 Å². The molecular formula is C30H33NO5S. The molecule has 2 aromatic rings. The number of hydrogen-bond donors (Lipinski definition) is 1. The molecule has 4 rings (SSSR count). The van der Waals surface area contributed by atoms with Crippen molar-refractivity contribution in [2.75, 3.05) is 13.2 Å². The molecule has 37 heavy (non-hydrogen) atoms. The number of para-hydroxylation sites is 1. The Morgan fingerprint density at radius 3 is 2.43 bits per heavy atom. The van der Waals surface area contributed by atoms with Gasteiger partial charge in [0.05, 0.1) is 17.6 Å². The SMILES string of the molecule is O=C(CCC1=CC=C(COc2ccccc2)CC1OCCc1ccccc1)NS(=O)(=O)C1=CC=CCC1. The van der Waals surface area contributed by atoms with Gasteiger partial charge in [0.15, 0.2) is 0 Å². The van der Waals surface area contributed by atoms with Crippen LogP contribution in [-0.2, 0) is 26.0 Å². The Balaban J connectivity index is 1.36. The van der Waals surface area contributed by atoms with Gasteiger partial charge in [-0.15, -0.1) is 0 Å². The third kappa shape index (κ3) is 8.30. The Morgan fingerprint density at radius 2 is 1.70 bits per heavy atom. The van der Waals surface area contributed by atoms with Gasteiger partial charge in [0, 0.05) is 12.8 Å². The normalized spacial score (nSPS) is 17.4. The fourth-order valence-corrected chi connectivity index (χ4v) is 5.45. The topological polar surface area (TPSA) is 81.7 Å². The van der Waals surface area contributed by atoms with Gasteiger partial charge in [-0.1, -0.05) is 72.8 Å². The summed E-state index contributed by atoms with van der Waals surface area (Å²) in [6.07, 6.45) is 11.9. The van der Waals surface area contributed by atoms with E-state index in [0.717, 1.165) is 23.3 Å². The van der Waals surface area contributed by atoms with Crippen LogP contribution in [-0.4, -0.2) is 33.6 Å². The van der Waals surface area contributed by atoms with Crippen LogP contribution in [0.2, 0.25) is 0 Å². The maximum absolute atomic E-state index is 12.5. The van der Waals surface area contributed by atoms with E-state index in [2.05, 4.69) is 16.9 Å². The van der Waals surface area contributed by atoms with E-state index in [4.69, 9.17) is 9.47 Å². The molecule has 0 saturated heterocycles. The van der Waals surface area contributed by atoms with E-state index < -0.39 is 15.9 Å². The Labute approximate surface area is 219 Å². The summed E-state index contributed by atoms with van der Waals surface area (Å²) in [5.41, 5.74) is 3.27. The average molecular weight is 520 g/mol. The van der Waals surface area contributed by atoms with E-state index >= 15 is 0 Å². The summed E-state index contributed by atoms with van der Waals surface area (Å²) >= 11 is 0. The van der Waals surface area contributed by atoms with Crippen molar-refractivity contribution >= 4 is 15.9 Å². The van der Waals surface area contributed by atoms with Gasteiger partial charge < -0.3 is 9.47 Å². The molecule has 0 spiro atoms. The van der Waals surface area contributed by atoms with Crippen molar-refractivity contribution in [3.63, 3.8) is 0 Å². The van der Waals surface area contributed by atoms with E-state index in [0.29, 0.717) is 38.9 Å². The van der Waals surface area contributed by atoms with Crippen LogP contribution in [0.1, 0.15) is 37.7 Å². The fraction of sp³-hybridized carbons (Fsp3) is 0.300. The third-order valence-corrected chi connectivity index (χ3v) is 7.85. The summed E-state index contributed by atoms with van der Waals surface area (Å²) in [7, 11) is -3.81. The maximum Gasteiger partial charge on any atom is 0.260 e. The number of ether oxygens (including phenoxy) is 2. The Bertz CT molecular complexity index is 1280. The van der Waals surface area contributed by atoms with Crippen molar-refractivity contribution < 1.29 is 22.7 Å². The van der Waals surface area contributed by atoms with Crippen LogP contribution < -0.4 is 9.46 Å². The highest BCUT2D eigenvalue weighted by molar-refractivity contribution is 7.93. The number of sulfonamides is 1. The van der Waals surface area contributed by atoms with E-state index in [1.165, 1.54) is 5.56 Å². The van der Waals surface area contributed by atoms with Crippen LogP contribution in [0.15, 0.2) is 107 Å². The van der Waals surface area contributed by atoms with Crippen molar-refractivity contribution in [2.24, 2.45) is 0 Å². The molecule has 1 atom stereocenters. The summed E-state index contributed by atoms with van der Waals surface area (Å²) < 4.78 is 39.5. The standard InChI is InChI=1S/C30H33NO5S/c32-30(31-37(33,34)28-14-8-3-9-15-28)19-18-26-17-16-25(23-36-27-12-6-2-7-13-27)22-29(26)35-21-20-24-10-4-1-5-11-24/h1-8,10-14,16-17,29H,9,15,18-23H2,(H,31,32). The first-order valence-electron chi connectivity index (χ1n) is 12.6. The summed E-state index contributed by atoms with van der Waals surface area (Å²) in [4.78, 5) is 12.8. The molecule has 0 aromatic heterocycles. The number of hydrogen-bond acceptors (Lipinski definition) is 5. The van der Waals surface area contributed by atoms with E-state index in [1.807, 2.05) is 66.8 Å². The number of nitrogens with one attached hydrogen (secondary N) is 1. The highest BCUT2D eigenvalue weighted by Gasteiger charge is 2.24. The van der Waals surface area contributed by atoms with E-state index in [1.54, 1.807) is 12.2 Å². The molecule has 0 fully saturated rings. The van der Waals surface area contributed by atoms with Gasteiger partial charge in [-0.3, -0.25) is 4.79 Å². The van der Waals surface area contributed by atoms with Gasteiger partial charge in [-0.05, 0) is 60.6 Å². The Kier molecular flexibility index (Phi) is 9.52. The van der Waals surface area contributed by atoms with Crippen LogP contribution >= 0.6 is 0 Å². The van der Waals surface area contributed by atoms with Crippen molar-refractivity contribution in [2.45, 2.75) is 44.6 Å². The molecule has 0 bridgehead atoms. The number of rotatable bonds is 12. The summed E-state index contributed by atoms with van der Waals surface area (Å²) in [6, 6.07) is 19.8. The number of carbonyl (C=O) groups is 1. The van der Waals surface area contributed by atoms with E-state index in [-0.39, 0.29) is 17.4 Å². The van der Waals surface area contributed by atoms with Gasteiger partial charge in [0.2, 0.25) is 5.91 Å². The molecule has 1 unspecified atom stereocenters. The lowest BCUT2D eigenvalue weighted by Crippen LogP contribution is -2.32. The second-order valence-corrected chi connectivity index (χ2v) is 10.8.